The second-order valence-electron chi connectivity index (χ2n) is 23.8. The SMILES string of the molecule is CCCCCCC/C=C\C/C=C\CCCCCCCCCCCCCCCCCCCCCCCC(=O)OCC(COC(=O)CCCCCCCCCCCCCCC)OC(=O)CCCCCCCCCCCCCCC. The summed E-state index contributed by atoms with van der Waals surface area (Å²) < 4.78 is 16.9. The second-order valence-corrected chi connectivity index (χ2v) is 23.8. The molecule has 0 aliphatic rings. The first-order valence-corrected chi connectivity index (χ1v) is 34.8. The third-order valence-electron chi connectivity index (χ3n) is 16.0. The van der Waals surface area contributed by atoms with Crippen LogP contribution in [0.3, 0.4) is 0 Å². The van der Waals surface area contributed by atoms with E-state index in [0.717, 1.165) is 64.2 Å². The van der Waals surface area contributed by atoms with Crippen LogP contribution in [-0.4, -0.2) is 37.2 Å². The van der Waals surface area contributed by atoms with Crippen molar-refractivity contribution in [3.05, 3.63) is 24.3 Å². The van der Waals surface area contributed by atoms with Crippen molar-refractivity contribution < 1.29 is 28.6 Å². The summed E-state index contributed by atoms with van der Waals surface area (Å²) in [4.78, 5) is 38.3. The summed E-state index contributed by atoms with van der Waals surface area (Å²) in [5.74, 6) is -0.832. The van der Waals surface area contributed by atoms with Crippen LogP contribution in [0.15, 0.2) is 24.3 Å². The molecule has 0 aliphatic heterocycles. The van der Waals surface area contributed by atoms with Crippen LogP contribution in [0.1, 0.15) is 393 Å². The zero-order valence-electron chi connectivity index (χ0n) is 52.3. The maximum absolute atomic E-state index is 12.9. The molecule has 0 aromatic heterocycles. The highest BCUT2D eigenvalue weighted by Gasteiger charge is 2.19. The van der Waals surface area contributed by atoms with E-state index < -0.39 is 6.10 Å². The molecular weight excluding hydrogens is 949 g/mol. The van der Waals surface area contributed by atoms with Crippen LogP contribution >= 0.6 is 0 Å². The normalized spacial score (nSPS) is 12.1. The third-order valence-corrected chi connectivity index (χ3v) is 16.0. The summed E-state index contributed by atoms with van der Waals surface area (Å²) in [6.45, 7) is 6.70. The lowest BCUT2D eigenvalue weighted by Crippen LogP contribution is -2.30. The number of ether oxygens (including phenoxy) is 3. The van der Waals surface area contributed by atoms with Gasteiger partial charge in [0.15, 0.2) is 6.10 Å². The summed E-state index contributed by atoms with van der Waals surface area (Å²) >= 11 is 0. The van der Waals surface area contributed by atoms with Gasteiger partial charge in [-0.3, -0.25) is 14.4 Å². The molecule has 0 fully saturated rings. The zero-order valence-corrected chi connectivity index (χ0v) is 52.3. The molecule has 0 amide bonds. The Morgan fingerprint density at radius 2 is 0.468 bits per heavy atom. The van der Waals surface area contributed by atoms with E-state index >= 15 is 0 Å². The molecule has 0 spiro atoms. The molecule has 1 atom stereocenters. The fraction of sp³-hybridized carbons (Fsp3) is 0.901. The van der Waals surface area contributed by atoms with Crippen molar-refractivity contribution in [1.82, 2.24) is 0 Å². The minimum Gasteiger partial charge on any atom is -0.462 e. The van der Waals surface area contributed by atoms with Gasteiger partial charge in [-0.1, -0.05) is 347 Å². The van der Waals surface area contributed by atoms with E-state index in [1.807, 2.05) is 0 Å². The van der Waals surface area contributed by atoms with Crippen molar-refractivity contribution >= 4 is 17.9 Å². The van der Waals surface area contributed by atoms with E-state index in [-0.39, 0.29) is 31.1 Å². The first kappa shape index (κ1) is 74.9. The standard InChI is InChI=1S/C71H134O6/c1-4-7-10-13-16-19-22-25-26-27-28-29-30-31-32-33-34-35-36-37-38-39-40-41-42-43-44-47-49-52-55-58-61-64-70(73)76-67-68(77-71(74)65-62-59-56-53-50-46-24-21-18-15-12-9-6-3)66-75-69(72)63-60-57-54-51-48-45-23-20-17-14-11-8-5-2/h22,25,27-28,68H,4-21,23-24,26,29-67H2,1-3H3/b25-22-,28-27-. The molecule has 0 bridgehead atoms. The molecule has 0 N–H and O–H groups in total. The highest BCUT2D eigenvalue weighted by atomic mass is 16.6. The van der Waals surface area contributed by atoms with Crippen molar-refractivity contribution in [2.45, 2.75) is 399 Å². The van der Waals surface area contributed by atoms with Crippen molar-refractivity contribution in [2.75, 3.05) is 13.2 Å². The van der Waals surface area contributed by atoms with Crippen LogP contribution in [-0.2, 0) is 28.6 Å². The number of hydrogen-bond acceptors (Lipinski definition) is 6. The number of carbonyl (C=O) groups is 3. The Hall–Kier alpha value is -2.11. The van der Waals surface area contributed by atoms with Crippen molar-refractivity contribution in [3.8, 4) is 0 Å². The molecule has 0 heterocycles. The van der Waals surface area contributed by atoms with Gasteiger partial charge in [-0.15, -0.1) is 0 Å². The van der Waals surface area contributed by atoms with Crippen LogP contribution in [0, 0.1) is 0 Å². The predicted molar refractivity (Wildman–Crippen MR) is 335 cm³/mol. The van der Waals surface area contributed by atoms with Gasteiger partial charge in [0.1, 0.15) is 13.2 Å². The zero-order chi connectivity index (χ0) is 55.7. The summed E-state index contributed by atoms with van der Waals surface area (Å²) in [6, 6.07) is 0. The Kier molecular flexibility index (Phi) is 64.6. The maximum atomic E-state index is 12.9. The minimum absolute atomic E-state index is 0.0630. The monoisotopic (exact) mass is 1080 g/mol. The van der Waals surface area contributed by atoms with Gasteiger partial charge < -0.3 is 14.2 Å². The molecule has 0 saturated carbocycles. The van der Waals surface area contributed by atoms with Crippen molar-refractivity contribution in [3.63, 3.8) is 0 Å². The Labute approximate surface area is 481 Å². The van der Waals surface area contributed by atoms with Crippen molar-refractivity contribution in [2.24, 2.45) is 0 Å². The average Bonchev–Trinajstić information content (AvgIpc) is 3.43. The van der Waals surface area contributed by atoms with E-state index in [9.17, 15) is 14.4 Å². The summed E-state index contributed by atoms with van der Waals surface area (Å²) in [7, 11) is 0. The first-order chi connectivity index (χ1) is 38.0. The molecule has 6 nitrogen and oxygen atoms in total. The van der Waals surface area contributed by atoms with E-state index in [0.29, 0.717) is 19.3 Å². The molecule has 77 heavy (non-hydrogen) atoms. The molecule has 454 valence electrons. The van der Waals surface area contributed by atoms with Gasteiger partial charge >= 0.3 is 17.9 Å². The Morgan fingerprint density at radius 1 is 0.260 bits per heavy atom. The number of rotatable bonds is 65. The van der Waals surface area contributed by atoms with Gasteiger partial charge in [-0.2, -0.15) is 0 Å². The Balaban J connectivity index is 4.04. The largest absolute Gasteiger partial charge is 0.462 e. The maximum Gasteiger partial charge on any atom is 0.306 e. The van der Waals surface area contributed by atoms with Crippen LogP contribution in [0.2, 0.25) is 0 Å². The fourth-order valence-corrected chi connectivity index (χ4v) is 10.7. The number of allylic oxidation sites excluding steroid dienone is 4. The van der Waals surface area contributed by atoms with Crippen LogP contribution in [0.4, 0.5) is 0 Å². The number of hydrogen-bond donors (Lipinski definition) is 0. The number of unbranched alkanes of at least 4 members (excludes halogenated alkanes) is 50. The molecule has 1 unspecified atom stereocenters. The van der Waals surface area contributed by atoms with Crippen LogP contribution in [0.5, 0.6) is 0 Å². The highest BCUT2D eigenvalue weighted by Crippen LogP contribution is 2.19. The molecule has 0 saturated heterocycles. The molecular formula is C71H134O6. The summed E-state index contributed by atoms with van der Waals surface area (Å²) in [6.07, 6.45) is 80.8. The van der Waals surface area contributed by atoms with E-state index in [2.05, 4.69) is 45.1 Å². The third kappa shape index (κ3) is 64.6. The van der Waals surface area contributed by atoms with Gasteiger partial charge in [0.2, 0.25) is 0 Å². The topological polar surface area (TPSA) is 78.9 Å². The van der Waals surface area contributed by atoms with Crippen LogP contribution < -0.4 is 0 Å². The molecule has 6 heteroatoms. The first-order valence-electron chi connectivity index (χ1n) is 34.8. The molecule has 0 aromatic carbocycles. The molecule has 0 aromatic rings. The van der Waals surface area contributed by atoms with E-state index in [1.54, 1.807) is 0 Å². The quantitative estimate of drug-likeness (QED) is 0.0261. The molecule has 0 radical (unpaired) electrons. The van der Waals surface area contributed by atoms with Gasteiger partial charge in [-0.25, -0.2) is 0 Å². The predicted octanol–water partition coefficient (Wildman–Crippen LogP) is 23.8. The Morgan fingerprint density at radius 3 is 0.714 bits per heavy atom. The van der Waals surface area contributed by atoms with E-state index in [4.69, 9.17) is 14.2 Å². The smallest absolute Gasteiger partial charge is 0.306 e. The van der Waals surface area contributed by atoms with Gasteiger partial charge in [-0.05, 0) is 51.4 Å². The van der Waals surface area contributed by atoms with Gasteiger partial charge in [0, 0.05) is 19.3 Å². The summed E-state index contributed by atoms with van der Waals surface area (Å²) in [5, 5.41) is 0. The second kappa shape index (κ2) is 66.4. The average molecular weight is 1080 g/mol. The highest BCUT2D eigenvalue weighted by molar-refractivity contribution is 5.71. The van der Waals surface area contributed by atoms with Gasteiger partial charge in [0.05, 0.1) is 0 Å². The Bertz CT molecular complexity index is 1240. The van der Waals surface area contributed by atoms with Crippen LogP contribution in [0.25, 0.3) is 0 Å². The minimum atomic E-state index is -0.764. The van der Waals surface area contributed by atoms with E-state index in [1.165, 1.54) is 289 Å². The number of carbonyl (C=O) groups excluding carboxylic acids is 3. The van der Waals surface area contributed by atoms with Gasteiger partial charge in [0.25, 0.3) is 0 Å². The van der Waals surface area contributed by atoms with Crippen molar-refractivity contribution in [1.29, 1.82) is 0 Å². The fourth-order valence-electron chi connectivity index (χ4n) is 10.7. The molecule has 0 aliphatic carbocycles. The summed E-state index contributed by atoms with van der Waals surface area (Å²) in [5.41, 5.74) is 0. The molecule has 0 rings (SSSR count). The lowest BCUT2D eigenvalue weighted by molar-refractivity contribution is -0.167. The lowest BCUT2D eigenvalue weighted by Gasteiger charge is -2.18. The lowest BCUT2D eigenvalue weighted by atomic mass is 10.0. The number of esters is 3.